The van der Waals surface area contributed by atoms with E-state index in [0.717, 1.165) is 0 Å². The lowest BCUT2D eigenvalue weighted by molar-refractivity contribution is 0.609. The maximum absolute atomic E-state index is 3.63. The zero-order valence-corrected chi connectivity index (χ0v) is 15.0. The summed E-state index contributed by atoms with van der Waals surface area (Å²) in [7, 11) is 0. The van der Waals surface area contributed by atoms with E-state index in [-0.39, 0.29) is 0 Å². The quantitative estimate of drug-likeness (QED) is 0.422. The van der Waals surface area contributed by atoms with Crippen LogP contribution in [0.5, 0.6) is 0 Å². The third-order valence-corrected chi connectivity index (χ3v) is 4.55. The molecule has 0 aliphatic heterocycles. The van der Waals surface area contributed by atoms with Gasteiger partial charge in [0.2, 0.25) is 0 Å². The van der Waals surface area contributed by atoms with Crippen LogP contribution in [0.2, 0.25) is 0 Å². The van der Waals surface area contributed by atoms with Crippen molar-refractivity contribution in [2.24, 2.45) is 0 Å². The van der Waals surface area contributed by atoms with E-state index in [2.05, 4.69) is 61.2 Å². The van der Waals surface area contributed by atoms with E-state index in [1.807, 2.05) is 0 Å². The molecule has 0 saturated carbocycles. The lowest BCUT2D eigenvalue weighted by atomic mass is 10.1. The summed E-state index contributed by atoms with van der Waals surface area (Å²) in [6, 6.07) is 16.7. The van der Waals surface area contributed by atoms with Crippen molar-refractivity contribution in [3.8, 4) is 0 Å². The molecule has 0 unspecified atom stereocenters. The highest BCUT2D eigenvalue weighted by molar-refractivity contribution is 5.85. The summed E-state index contributed by atoms with van der Waals surface area (Å²) in [5.74, 6) is 0. The van der Waals surface area contributed by atoms with Crippen molar-refractivity contribution in [1.29, 1.82) is 0 Å². The molecule has 125 valence electrons. The smallest absolute Gasteiger partial charge is 0.0453 e. The first kappa shape index (κ1) is 17.8. The van der Waals surface area contributed by atoms with Crippen molar-refractivity contribution in [2.75, 3.05) is 18.0 Å². The number of nitrogens with zero attached hydrogens (tertiary/aromatic N) is 1. The third-order valence-electron chi connectivity index (χ3n) is 4.55. The minimum Gasteiger partial charge on any atom is -0.371 e. The van der Waals surface area contributed by atoms with Gasteiger partial charge >= 0.3 is 0 Å². The van der Waals surface area contributed by atoms with Gasteiger partial charge in [-0.25, -0.2) is 0 Å². The molecule has 0 aliphatic carbocycles. The summed E-state index contributed by atoms with van der Waals surface area (Å²) in [4.78, 5) is 2.55. The molecular formula is C22H32N. The Kier molecular flexibility index (Phi) is 8.00. The van der Waals surface area contributed by atoms with Gasteiger partial charge in [0.1, 0.15) is 0 Å². The normalized spacial score (nSPS) is 11.0. The van der Waals surface area contributed by atoms with Crippen molar-refractivity contribution in [3.63, 3.8) is 0 Å². The fraction of sp³-hybridized carbons (Fsp3) is 0.545. The van der Waals surface area contributed by atoms with E-state index in [9.17, 15) is 0 Å². The molecule has 2 aromatic carbocycles. The number of benzene rings is 2. The minimum atomic E-state index is 1.17. The summed E-state index contributed by atoms with van der Waals surface area (Å²) < 4.78 is 0. The van der Waals surface area contributed by atoms with Crippen molar-refractivity contribution < 1.29 is 0 Å². The van der Waals surface area contributed by atoms with Crippen LogP contribution in [0.4, 0.5) is 5.69 Å². The SMILES string of the molecule is CCCCCCN(CCCCCC)c1[c]c2ccccc2cc1. The predicted octanol–water partition coefficient (Wildman–Crippen LogP) is 6.61. The molecule has 0 spiro atoms. The van der Waals surface area contributed by atoms with Crippen molar-refractivity contribution in [3.05, 3.63) is 42.5 Å². The average molecular weight is 311 g/mol. The topological polar surface area (TPSA) is 3.24 Å². The van der Waals surface area contributed by atoms with Crippen molar-refractivity contribution in [1.82, 2.24) is 0 Å². The molecule has 23 heavy (non-hydrogen) atoms. The molecule has 0 aliphatic rings. The van der Waals surface area contributed by atoms with Crippen LogP contribution in [-0.4, -0.2) is 13.1 Å². The predicted molar refractivity (Wildman–Crippen MR) is 103 cm³/mol. The fourth-order valence-corrected chi connectivity index (χ4v) is 3.10. The summed E-state index contributed by atoms with van der Waals surface area (Å²) in [6.07, 6.45) is 10.6. The Morgan fingerprint density at radius 3 is 2.04 bits per heavy atom. The van der Waals surface area contributed by atoms with Gasteiger partial charge < -0.3 is 4.90 Å². The van der Waals surface area contributed by atoms with Gasteiger partial charge in [-0.1, -0.05) is 82.7 Å². The zero-order valence-electron chi connectivity index (χ0n) is 15.0. The molecule has 0 saturated heterocycles. The Balaban J connectivity index is 2.02. The van der Waals surface area contributed by atoms with Gasteiger partial charge in [-0.3, -0.25) is 0 Å². The Labute approximate surface area is 142 Å². The highest BCUT2D eigenvalue weighted by Gasteiger charge is 2.07. The second-order valence-corrected chi connectivity index (χ2v) is 6.54. The summed E-state index contributed by atoms with van der Waals surface area (Å²) in [5.41, 5.74) is 1.27. The molecule has 0 fully saturated rings. The molecule has 0 bridgehead atoms. The second kappa shape index (κ2) is 10.3. The van der Waals surface area contributed by atoms with Gasteiger partial charge in [0.05, 0.1) is 0 Å². The number of hydrogen-bond donors (Lipinski definition) is 0. The standard InChI is InChI=1S/C22H32N/c1-3-5-7-11-17-23(18-12-8-6-4-2)22-16-15-20-13-9-10-14-21(20)19-22/h9-10,13-16H,3-8,11-12,17-18H2,1-2H3. The Hall–Kier alpha value is -1.50. The Morgan fingerprint density at radius 1 is 0.739 bits per heavy atom. The molecule has 0 aromatic heterocycles. The first-order valence-electron chi connectivity index (χ1n) is 9.51. The number of rotatable bonds is 11. The molecule has 0 amide bonds. The Morgan fingerprint density at radius 2 is 1.39 bits per heavy atom. The summed E-state index contributed by atoms with van der Waals surface area (Å²) >= 11 is 0. The molecule has 0 heterocycles. The monoisotopic (exact) mass is 310 g/mol. The number of fused-ring (bicyclic) bond motifs is 1. The Bertz CT molecular complexity index is 549. The first-order valence-corrected chi connectivity index (χ1v) is 9.51. The molecule has 2 rings (SSSR count). The molecular weight excluding hydrogens is 278 g/mol. The van der Waals surface area contributed by atoms with Gasteiger partial charge in [-0.05, 0) is 29.7 Å². The fourth-order valence-electron chi connectivity index (χ4n) is 3.10. The summed E-state index contributed by atoms with van der Waals surface area (Å²) in [5, 5.41) is 2.52. The number of anilines is 1. The molecule has 0 atom stereocenters. The molecule has 1 radical (unpaired) electrons. The van der Waals surface area contributed by atoms with Gasteiger partial charge in [-0.15, -0.1) is 0 Å². The molecule has 0 N–H and O–H groups in total. The van der Waals surface area contributed by atoms with Gasteiger partial charge in [0.15, 0.2) is 0 Å². The lowest BCUT2D eigenvalue weighted by Gasteiger charge is -2.25. The zero-order chi connectivity index (χ0) is 16.3. The highest BCUT2D eigenvalue weighted by Crippen LogP contribution is 2.22. The molecule has 1 nitrogen and oxygen atoms in total. The maximum atomic E-state index is 3.63. The van der Waals surface area contributed by atoms with Crippen LogP contribution < -0.4 is 4.90 Å². The van der Waals surface area contributed by atoms with Crippen LogP contribution >= 0.6 is 0 Å². The lowest BCUT2D eigenvalue weighted by Crippen LogP contribution is -2.25. The minimum absolute atomic E-state index is 1.17. The van der Waals surface area contributed by atoms with Crippen LogP contribution in [0.3, 0.4) is 0 Å². The van der Waals surface area contributed by atoms with E-state index in [1.54, 1.807) is 0 Å². The van der Waals surface area contributed by atoms with E-state index in [4.69, 9.17) is 0 Å². The number of unbranched alkanes of at least 4 members (excludes halogenated alkanes) is 6. The van der Waals surface area contributed by atoms with Crippen molar-refractivity contribution in [2.45, 2.75) is 65.2 Å². The largest absolute Gasteiger partial charge is 0.371 e. The average Bonchev–Trinajstić information content (AvgIpc) is 2.60. The molecule has 2 aromatic rings. The van der Waals surface area contributed by atoms with E-state index in [0.29, 0.717) is 0 Å². The van der Waals surface area contributed by atoms with E-state index in [1.165, 1.54) is 80.9 Å². The third kappa shape index (κ3) is 5.89. The van der Waals surface area contributed by atoms with Crippen LogP contribution in [0.1, 0.15) is 65.2 Å². The van der Waals surface area contributed by atoms with E-state index >= 15 is 0 Å². The van der Waals surface area contributed by atoms with Crippen LogP contribution in [-0.2, 0) is 0 Å². The second-order valence-electron chi connectivity index (χ2n) is 6.54. The maximum Gasteiger partial charge on any atom is 0.0453 e. The van der Waals surface area contributed by atoms with Crippen LogP contribution in [0.15, 0.2) is 36.4 Å². The molecule has 1 heteroatoms. The van der Waals surface area contributed by atoms with Gasteiger partial charge in [0.25, 0.3) is 0 Å². The van der Waals surface area contributed by atoms with E-state index < -0.39 is 0 Å². The van der Waals surface area contributed by atoms with Crippen molar-refractivity contribution >= 4 is 16.5 Å². The van der Waals surface area contributed by atoms with Gasteiger partial charge in [0, 0.05) is 24.8 Å². The van der Waals surface area contributed by atoms with Crippen LogP contribution in [0.25, 0.3) is 10.8 Å². The van der Waals surface area contributed by atoms with Crippen LogP contribution in [0, 0.1) is 6.07 Å². The summed E-state index contributed by atoms with van der Waals surface area (Å²) in [6.45, 7) is 6.89. The number of hydrogen-bond acceptors (Lipinski definition) is 1. The first-order chi connectivity index (χ1) is 11.3. The highest BCUT2D eigenvalue weighted by atomic mass is 15.1. The van der Waals surface area contributed by atoms with Gasteiger partial charge in [-0.2, -0.15) is 0 Å².